The molecule has 1 fully saturated rings. The van der Waals surface area contributed by atoms with E-state index in [9.17, 15) is 9.59 Å². The summed E-state index contributed by atoms with van der Waals surface area (Å²) in [7, 11) is 0. The second-order valence-corrected chi connectivity index (χ2v) is 8.86. The fourth-order valence-corrected chi connectivity index (χ4v) is 5.16. The lowest BCUT2D eigenvalue weighted by molar-refractivity contribution is -0.143. The first-order valence-electron chi connectivity index (χ1n) is 12.0. The molecule has 1 saturated heterocycles. The van der Waals surface area contributed by atoms with Crippen molar-refractivity contribution < 1.29 is 19.1 Å². The van der Waals surface area contributed by atoms with E-state index in [1.54, 1.807) is 6.92 Å². The van der Waals surface area contributed by atoms with Crippen molar-refractivity contribution in [1.29, 1.82) is 0 Å². The van der Waals surface area contributed by atoms with Crippen LogP contribution in [-0.4, -0.2) is 54.5 Å². The van der Waals surface area contributed by atoms with Crippen LogP contribution in [0.1, 0.15) is 50.3 Å². The minimum atomic E-state index is -0.598. The normalized spacial score (nSPS) is 17.3. The van der Waals surface area contributed by atoms with Crippen LogP contribution in [0, 0.1) is 0 Å². The Kier molecular flexibility index (Phi) is 6.91. The van der Waals surface area contributed by atoms with Crippen molar-refractivity contribution in [2.75, 3.05) is 32.8 Å². The quantitative estimate of drug-likeness (QED) is 0.669. The molecule has 176 valence electrons. The van der Waals surface area contributed by atoms with Crippen molar-refractivity contribution in [2.45, 2.75) is 52.0 Å². The highest BCUT2D eigenvalue weighted by Crippen LogP contribution is 2.40. The molecule has 2 aromatic rings. The molecule has 2 amide bonds. The number of hydrogen-bond acceptors (Lipinski definition) is 4. The van der Waals surface area contributed by atoms with Gasteiger partial charge < -0.3 is 19.3 Å². The number of amides is 2. The molecule has 0 aromatic heterocycles. The van der Waals surface area contributed by atoms with E-state index in [2.05, 4.69) is 18.2 Å². The third-order valence-corrected chi connectivity index (χ3v) is 6.96. The van der Waals surface area contributed by atoms with Crippen molar-refractivity contribution in [2.24, 2.45) is 0 Å². The first-order chi connectivity index (χ1) is 16.0. The smallest absolute Gasteiger partial charge is 0.233 e. The Morgan fingerprint density at radius 2 is 1.48 bits per heavy atom. The number of likely N-dealkylation sites (tertiary alicyclic amines) is 1. The fraction of sp³-hybridized carbons (Fsp3) is 0.481. The number of fused-ring (bicyclic) bond motifs is 1. The molecule has 0 atom stereocenters. The molecular weight excluding hydrogens is 416 g/mol. The average Bonchev–Trinajstić information content (AvgIpc) is 2.84. The molecule has 0 aliphatic carbocycles. The van der Waals surface area contributed by atoms with Gasteiger partial charge in [-0.05, 0) is 61.9 Å². The molecule has 4 rings (SSSR count). The van der Waals surface area contributed by atoms with Gasteiger partial charge in [-0.2, -0.15) is 0 Å². The molecule has 0 radical (unpaired) electrons. The molecule has 2 aliphatic rings. The molecule has 0 spiro atoms. The molecule has 2 aromatic carbocycles. The summed E-state index contributed by atoms with van der Waals surface area (Å²) in [5, 5.41) is 0. The number of carbonyl (C=O) groups is 2. The Labute approximate surface area is 196 Å². The van der Waals surface area contributed by atoms with Gasteiger partial charge in [0.2, 0.25) is 11.8 Å². The monoisotopic (exact) mass is 450 g/mol. The summed E-state index contributed by atoms with van der Waals surface area (Å²) in [6.07, 6.45) is 2.08. The molecule has 33 heavy (non-hydrogen) atoms. The number of rotatable bonds is 6. The van der Waals surface area contributed by atoms with Gasteiger partial charge in [0, 0.05) is 33.1 Å². The van der Waals surface area contributed by atoms with Crippen LogP contribution in [-0.2, 0) is 28.0 Å². The Hall–Kier alpha value is -3.02. The SMILES string of the molecule is CCOc1cc2c(cc1OCC)CN(C(=O)C1(c3ccccc3)CCN(C(C)=O)CC1)CC2. The van der Waals surface area contributed by atoms with Gasteiger partial charge in [0.1, 0.15) is 0 Å². The zero-order valence-corrected chi connectivity index (χ0v) is 19.9. The first-order valence-corrected chi connectivity index (χ1v) is 12.0. The van der Waals surface area contributed by atoms with Crippen molar-refractivity contribution in [3.63, 3.8) is 0 Å². The molecular formula is C27H34N2O4. The first kappa shape index (κ1) is 23.1. The number of piperidine rings is 1. The predicted molar refractivity (Wildman–Crippen MR) is 128 cm³/mol. The van der Waals surface area contributed by atoms with Crippen molar-refractivity contribution in [1.82, 2.24) is 9.80 Å². The maximum absolute atomic E-state index is 14.1. The lowest BCUT2D eigenvalue weighted by Crippen LogP contribution is -2.54. The van der Waals surface area contributed by atoms with Gasteiger partial charge in [0.05, 0.1) is 18.6 Å². The Balaban J connectivity index is 1.62. The van der Waals surface area contributed by atoms with Crippen molar-refractivity contribution >= 4 is 11.8 Å². The molecule has 6 heteroatoms. The molecule has 0 unspecified atom stereocenters. The standard InChI is InChI=1S/C27H34N2O4/c1-4-32-24-17-21-11-14-29(19-22(21)18-25(24)33-5-2)26(31)27(23-9-7-6-8-10-23)12-15-28(16-13-27)20(3)30/h6-10,17-18H,4-5,11-16,19H2,1-3H3. The molecule has 0 N–H and O–H groups in total. The lowest BCUT2D eigenvalue weighted by atomic mass is 9.71. The molecule has 0 bridgehead atoms. The molecule has 6 nitrogen and oxygen atoms in total. The Bertz CT molecular complexity index is 997. The second kappa shape index (κ2) is 9.86. The minimum absolute atomic E-state index is 0.0737. The highest BCUT2D eigenvalue weighted by molar-refractivity contribution is 5.89. The van der Waals surface area contributed by atoms with Crippen LogP contribution in [0.5, 0.6) is 11.5 Å². The van der Waals surface area contributed by atoms with E-state index >= 15 is 0 Å². The van der Waals surface area contributed by atoms with Crippen LogP contribution in [0.15, 0.2) is 42.5 Å². The summed E-state index contributed by atoms with van der Waals surface area (Å²) in [5.74, 6) is 1.74. The van der Waals surface area contributed by atoms with Gasteiger partial charge in [0.25, 0.3) is 0 Å². The molecule has 2 heterocycles. The average molecular weight is 451 g/mol. The molecule has 0 saturated carbocycles. The van der Waals surface area contributed by atoms with Crippen LogP contribution in [0.2, 0.25) is 0 Å². The van der Waals surface area contributed by atoms with Gasteiger partial charge in [-0.1, -0.05) is 30.3 Å². The third kappa shape index (κ3) is 4.56. The van der Waals surface area contributed by atoms with E-state index in [0.717, 1.165) is 29.0 Å². The van der Waals surface area contributed by atoms with E-state index in [4.69, 9.17) is 9.47 Å². The van der Waals surface area contributed by atoms with Crippen LogP contribution in [0.4, 0.5) is 0 Å². The fourth-order valence-electron chi connectivity index (χ4n) is 5.16. The van der Waals surface area contributed by atoms with E-state index < -0.39 is 5.41 Å². The lowest BCUT2D eigenvalue weighted by Gasteiger charge is -2.44. The zero-order chi connectivity index (χ0) is 23.4. The Morgan fingerprint density at radius 1 is 0.879 bits per heavy atom. The summed E-state index contributed by atoms with van der Waals surface area (Å²) in [4.78, 5) is 29.9. The summed E-state index contributed by atoms with van der Waals surface area (Å²) < 4.78 is 11.6. The van der Waals surface area contributed by atoms with E-state index in [0.29, 0.717) is 52.2 Å². The van der Waals surface area contributed by atoms with E-state index in [1.165, 1.54) is 5.56 Å². The van der Waals surface area contributed by atoms with Gasteiger partial charge >= 0.3 is 0 Å². The number of benzene rings is 2. The van der Waals surface area contributed by atoms with Crippen molar-refractivity contribution in [3.8, 4) is 11.5 Å². The summed E-state index contributed by atoms with van der Waals surface area (Å²) in [6, 6.07) is 14.2. The van der Waals surface area contributed by atoms with Crippen LogP contribution < -0.4 is 9.47 Å². The number of hydrogen-bond donors (Lipinski definition) is 0. The van der Waals surface area contributed by atoms with Gasteiger partial charge in [-0.25, -0.2) is 0 Å². The number of ether oxygens (including phenoxy) is 2. The van der Waals surface area contributed by atoms with Crippen molar-refractivity contribution in [3.05, 3.63) is 59.2 Å². The maximum Gasteiger partial charge on any atom is 0.233 e. The molecule has 2 aliphatic heterocycles. The summed E-state index contributed by atoms with van der Waals surface area (Å²) >= 11 is 0. The topological polar surface area (TPSA) is 59.1 Å². The van der Waals surface area contributed by atoms with Crippen LogP contribution in [0.3, 0.4) is 0 Å². The van der Waals surface area contributed by atoms with Gasteiger partial charge in [0.15, 0.2) is 11.5 Å². The highest BCUT2D eigenvalue weighted by atomic mass is 16.5. The second-order valence-electron chi connectivity index (χ2n) is 8.86. The Morgan fingerprint density at radius 3 is 2.06 bits per heavy atom. The largest absolute Gasteiger partial charge is 0.490 e. The highest BCUT2D eigenvalue weighted by Gasteiger charge is 2.45. The maximum atomic E-state index is 14.1. The number of nitrogens with zero attached hydrogens (tertiary/aromatic N) is 2. The van der Waals surface area contributed by atoms with E-state index in [-0.39, 0.29) is 11.8 Å². The van der Waals surface area contributed by atoms with Gasteiger partial charge in [-0.3, -0.25) is 9.59 Å². The van der Waals surface area contributed by atoms with E-state index in [1.807, 2.05) is 47.9 Å². The van der Waals surface area contributed by atoms with Gasteiger partial charge in [-0.15, -0.1) is 0 Å². The van der Waals surface area contributed by atoms with Crippen LogP contribution in [0.25, 0.3) is 0 Å². The predicted octanol–water partition coefficient (Wildman–Crippen LogP) is 3.95. The summed E-state index contributed by atoms with van der Waals surface area (Å²) in [6.45, 7) is 9.12. The van der Waals surface area contributed by atoms with Crippen LogP contribution >= 0.6 is 0 Å². The number of carbonyl (C=O) groups excluding carboxylic acids is 2. The third-order valence-electron chi connectivity index (χ3n) is 6.96. The zero-order valence-electron chi connectivity index (χ0n) is 19.9. The summed E-state index contributed by atoms with van der Waals surface area (Å²) in [5.41, 5.74) is 2.78. The minimum Gasteiger partial charge on any atom is -0.490 e.